The van der Waals surface area contributed by atoms with Crippen molar-refractivity contribution in [2.75, 3.05) is 5.75 Å². The van der Waals surface area contributed by atoms with Crippen molar-refractivity contribution in [3.8, 4) is 0 Å². The van der Waals surface area contributed by atoms with Crippen molar-refractivity contribution in [1.29, 1.82) is 0 Å². The van der Waals surface area contributed by atoms with E-state index in [0.717, 1.165) is 16.7 Å². The molecule has 0 heterocycles. The molecule has 0 saturated heterocycles. The van der Waals surface area contributed by atoms with Gasteiger partial charge < -0.3 is 0 Å². The Morgan fingerprint density at radius 2 is 1.30 bits per heavy atom. The van der Waals surface area contributed by atoms with E-state index < -0.39 is 9.84 Å². The summed E-state index contributed by atoms with van der Waals surface area (Å²) < 4.78 is 25.0. The number of nitrogens with zero attached hydrogens (tertiary/aromatic N) is 1. The van der Waals surface area contributed by atoms with E-state index in [-0.39, 0.29) is 23.0 Å². The third kappa shape index (κ3) is 6.54. The molecule has 5 nitrogen and oxygen atoms in total. The maximum atomic E-state index is 12.5. The van der Waals surface area contributed by atoms with Crippen LogP contribution in [0.4, 0.5) is 0 Å². The first-order valence-corrected chi connectivity index (χ1v) is 11.5. The molecule has 0 radical (unpaired) electrons. The van der Waals surface area contributed by atoms with Gasteiger partial charge in [-0.25, -0.2) is 13.4 Å². The zero-order valence-electron chi connectivity index (χ0n) is 17.0. The maximum Gasteiger partial charge on any atom is 0.235 e. The zero-order chi connectivity index (χ0) is 21.4. The molecule has 3 aromatic carbocycles. The van der Waals surface area contributed by atoms with Gasteiger partial charge in [0.1, 0.15) is 0 Å². The lowest BCUT2D eigenvalue weighted by molar-refractivity contribution is -0.126. The van der Waals surface area contributed by atoms with Gasteiger partial charge in [0.15, 0.2) is 9.84 Å². The number of carbonyl (C=O) groups excluding carboxylic acids is 1. The smallest absolute Gasteiger partial charge is 0.235 e. The Hall–Kier alpha value is -2.96. The van der Waals surface area contributed by atoms with Gasteiger partial charge >= 0.3 is 0 Å². The summed E-state index contributed by atoms with van der Waals surface area (Å²) in [5.41, 5.74) is 5.98. The van der Waals surface area contributed by atoms with Gasteiger partial charge in [-0.15, -0.1) is 0 Å². The van der Waals surface area contributed by atoms with Crippen LogP contribution in [0.1, 0.15) is 23.1 Å². The van der Waals surface area contributed by atoms with Gasteiger partial charge in [-0.3, -0.25) is 10.2 Å². The first-order chi connectivity index (χ1) is 14.4. The normalized spacial score (nSPS) is 11.4. The summed E-state index contributed by atoms with van der Waals surface area (Å²) in [5.74, 6) is -0.551. The number of hydrogen-bond acceptors (Lipinski definition) is 4. The lowest BCUT2D eigenvalue weighted by Gasteiger charge is -2.23. The number of benzene rings is 3. The number of rotatable bonds is 9. The first-order valence-electron chi connectivity index (χ1n) is 9.84. The number of aryl methyl sites for hydroxylation is 1. The van der Waals surface area contributed by atoms with E-state index in [4.69, 9.17) is 0 Å². The summed E-state index contributed by atoms with van der Waals surface area (Å²) in [6.07, 6.45) is -0.101. The monoisotopic (exact) mass is 422 g/mol. The van der Waals surface area contributed by atoms with Crippen LogP contribution in [0, 0.1) is 6.92 Å². The fourth-order valence-electron chi connectivity index (χ4n) is 3.07. The largest absolute Gasteiger partial charge is 0.288 e. The van der Waals surface area contributed by atoms with Crippen LogP contribution in [0.25, 0.3) is 0 Å². The highest BCUT2D eigenvalue weighted by molar-refractivity contribution is 7.91. The van der Waals surface area contributed by atoms with Crippen LogP contribution < -0.4 is 5.43 Å². The second-order valence-electron chi connectivity index (χ2n) is 7.24. The van der Waals surface area contributed by atoms with Gasteiger partial charge in [-0.05, 0) is 30.2 Å². The minimum Gasteiger partial charge on any atom is -0.288 e. The summed E-state index contributed by atoms with van der Waals surface area (Å²) >= 11 is 0. The third-order valence-corrected chi connectivity index (χ3v) is 6.43. The van der Waals surface area contributed by atoms with Gasteiger partial charge in [-0.1, -0.05) is 78.4 Å². The molecule has 1 N–H and O–H groups in total. The van der Waals surface area contributed by atoms with Crippen LogP contribution in [-0.2, 0) is 27.7 Å². The molecular weight excluding hydrogens is 396 g/mol. The molecule has 3 rings (SSSR count). The highest BCUT2D eigenvalue weighted by Gasteiger charge is 2.18. The lowest BCUT2D eigenvalue weighted by Crippen LogP contribution is -2.41. The summed E-state index contributed by atoms with van der Waals surface area (Å²) in [7, 11) is -3.51. The Bertz CT molecular complexity index is 1010. The van der Waals surface area contributed by atoms with Crippen molar-refractivity contribution >= 4 is 15.7 Å². The molecule has 0 bridgehead atoms. The molecule has 1 amide bonds. The van der Waals surface area contributed by atoms with Gasteiger partial charge in [0.2, 0.25) is 5.91 Å². The van der Waals surface area contributed by atoms with Crippen LogP contribution in [-0.4, -0.2) is 25.1 Å². The van der Waals surface area contributed by atoms with Gasteiger partial charge in [0, 0.05) is 19.5 Å². The molecule has 0 aliphatic rings. The molecule has 0 aliphatic carbocycles. The standard InChI is InChI=1S/C24H26N2O3S/c1-20-12-14-23(15-13-20)30(28,29)17-16-24(27)25-26(18-21-8-4-2-5-9-21)19-22-10-6-3-7-11-22/h2-15H,16-19H2,1H3,(H,25,27). The topological polar surface area (TPSA) is 66.5 Å². The van der Waals surface area contributed by atoms with Crippen LogP contribution in [0.2, 0.25) is 0 Å². The number of hydrogen-bond donors (Lipinski definition) is 1. The van der Waals surface area contributed by atoms with E-state index in [1.165, 1.54) is 0 Å². The summed E-state index contributed by atoms with van der Waals surface area (Å²) in [5, 5.41) is 1.81. The van der Waals surface area contributed by atoms with Gasteiger partial charge in [0.05, 0.1) is 10.6 Å². The highest BCUT2D eigenvalue weighted by atomic mass is 32.2. The number of sulfone groups is 1. The number of nitrogens with one attached hydrogen (secondary N) is 1. The number of carbonyl (C=O) groups is 1. The first kappa shape index (κ1) is 21.7. The van der Waals surface area contributed by atoms with E-state index >= 15 is 0 Å². The van der Waals surface area contributed by atoms with Crippen LogP contribution >= 0.6 is 0 Å². The molecule has 0 aliphatic heterocycles. The van der Waals surface area contributed by atoms with Crippen molar-refractivity contribution in [2.24, 2.45) is 0 Å². The van der Waals surface area contributed by atoms with Crippen molar-refractivity contribution in [3.05, 3.63) is 102 Å². The van der Waals surface area contributed by atoms with E-state index in [1.807, 2.05) is 72.6 Å². The molecule has 0 saturated carbocycles. The molecular formula is C24H26N2O3S. The van der Waals surface area contributed by atoms with E-state index in [9.17, 15) is 13.2 Å². The van der Waals surface area contributed by atoms with Gasteiger partial charge in [-0.2, -0.15) is 0 Å². The average molecular weight is 423 g/mol. The Morgan fingerprint density at radius 1 is 0.800 bits per heavy atom. The predicted molar refractivity (Wildman–Crippen MR) is 118 cm³/mol. The molecule has 3 aromatic rings. The van der Waals surface area contributed by atoms with Crippen molar-refractivity contribution in [3.63, 3.8) is 0 Å². The van der Waals surface area contributed by atoms with Crippen molar-refractivity contribution < 1.29 is 13.2 Å². The predicted octanol–water partition coefficient (Wildman–Crippen LogP) is 3.89. The minimum atomic E-state index is -3.51. The lowest BCUT2D eigenvalue weighted by atomic mass is 10.2. The van der Waals surface area contributed by atoms with E-state index in [2.05, 4.69) is 5.43 Å². The average Bonchev–Trinajstić information content (AvgIpc) is 2.74. The number of amides is 1. The summed E-state index contributed by atoms with van der Waals surface area (Å²) in [6.45, 7) is 2.94. The molecule has 0 unspecified atom stereocenters. The molecule has 0 atom stereocenters. The second-order valence-corrected chi connectivity index (χ2v) is 9.35. The van der Waals surface area contributed by atoms with Crippen LogP contribution in [0.3, 0.4) is 0 Å². The minimum absolute atomic E-state index is 0.101. The van der Waals surface area contributed by atoms with E-state index in [0.29, 0.717) is 13.1 Å². The Balaban J connectivity index is 1.64. The Labute approximate surface area is 178 Å². The van der Waals surface area contributed by atoms with Crippen molar-refractivity contribution in [1.82, 2.24) is 10.4 Å². The Morgan fingerprint density at radius 3 is 1.80 bits per heavy atom. The molecule has 156 valence electrons. The summed E-state index contributed by atoms with van der Waals surface area (Å²) in [4.78, 5) is 12.8. The SMILES string of the molecule is Cc1ccc(S(=O)(=O)CCC(=O)NN(Cc2ccccc2)Cc2ccccc2)cc1. The third-order valence-electron chi connectivity index (χ3n) is 4.69. The van der Waals surface area contributed by atoms with Crippen LogP contribution in [0.15, 0.2) is 89.8 Å². The number of hydrazine groups is 1. The molecule has 0 fully saturated rings. The summed E-state index contributed by atoms with van der Waals surface area (Å²) in [6, 6.07) is 26.3. The molecule has 0 aromatic heterocycles. The highest BCUT2D eigenvalue weighted by Crippen LogP contribution is 2.13. The molecule has 0 spiro atoms. The van der Waals surface area contributed by atoms with E-state index in [1.54, 1.807) is 24.3 Å². The van der Waals surface area contributed by atoms with Crippen molar-refractivity contribution in [2.45, 2.75) is 31.3 Å². The Kier molecular flexibility index (Phi) is 7.38. The van der Waals surface area contributed by atoms with Gasteiger partial charge in [0.25, 0.3) is 0 Å². The second kappa shape index (κ2) is 10.2. The maximum absolute atomic E-state index is 12.5. The van der Waals surface area contributed by atoms with Crippen LogP contribution in [0.5, 0.6) is 0 Å². The quantitative estimate of drug-likeness (QED) is 0.531. The zero-order valence-corrected chi connectivity index (χ0v) is 17.8. The molecule has 30 heavy (non-hydrogen) atoms. The molecule has 6 heteroatoms. The fourth-order valence-corrected chi connectivity index (χ4v) is 4.31. The fraction of sp³-hybridized carbons (Fsp3) is 0.208.